The number of hydrogen-bond donors (Lipinski definition) is 2. The van der Waals surface area contributed by atoms with Crippen LogP contribution in [0.5, 0.6) is 0 Å². The summed E-state index contributed by atoms with van der Waals surface area (Å²) in [5.41, 5.74) is 4.83. The topological polar surface area (TPSA) is 61.4 Å². The second kappa shape index (κ2) is 8.76. The maximum absolute atomic E-state index is 12.6. The van der Waals surface area contributed by atoms with Gasteiger partial charge in [-0.1, -0.05) is 48.5 Å². The molecule has 0 bridgehead atoms. The summed E-state index contributed by atoms with van der Waals surface area (Å²) in [5, 5.41) is 6.34. The van der Waals surface area contributed by atoms with Crippen molar-refractivity contribution in [1.29, 1.82) is 0 Å². The molecule has 2 aliphatic heterocycles. The summed E-state index contributed by atoms with van der Waals surface area (Å²) in [4.78, 5) is 26.9. The van der Waals surface area contributed by atoms with E-state index in [0.717, 1.165) is 24.2 Å². The van der Waals surface area contributed by atoms with Crippen LogP contribution in [0.15, 0.2) is 48.5 Å². The molecule has 6 heteroatoms. The molecule has 4 rings (SSSR count). The highest BCUT2D eigenvalue weighted by Crippen LogP contribution is 2.28. The third kappa shape index (κ3) is 4.21. The maximum atomic E-state index is 12.6. The van der Waals surface area contributed by atoms with Gasteiger partial charge in [-0.3, -0.25) is 9.59 Å². The molecule has 2 amide bonds. The first kappa shape index (κ1) is 20.4. The average molecular weight is 400 g/mol. The highest BCUT2D eigenvalue weighted by molar-refractivity contribution is 5.89. The van der Waals surface area contributed by atoms with Crippen LogP contribution in [0.2, 0.25) is 0 Å². The zero-order valence-electron chi connectivity index (χ0n) is 16.0. The van der Waals surface area contributed by atoms with E-state index in [1.54, 1.807) is 0 Å². The Kier molecular flexibility index (Phi) is 6.37. The van der Waals surface area contributed by atoms with E-state index in [-0.39, 0.29) is 42.6 Å². The van der Waals surface area contributed by atoms with E-state index in [0.29, 0.717) is 13.1 Å². The molecule has 2 aliphatic rings. The summed E-state index contributed by atoms with van der Waals surface area (Å²) >= 11 is 0. The Labute approximate surface area is 171 Å². The molecule has 1 saturated heterocycles. The van der Waals surface area contributed by atoms with Crippen molar-refractivity contribution >= 4 is 24.2 Å². The molecular weight excluding hydrogens is 374 g/mol. The van der Waals surface area contributed by atoms with Gasteiger partial charge < -0.3 is 15.5 Å². The van der Waals surface area contributed by atoms with E-state index in [1.807, 2.05) is 42.2 Å². The van der Waals surface area contributed by atoms with Crippen LogP contribution in [0.4, 0.5) is 0 Å². The molecule has 2 atom stereocenters. The number of hydrogen-bond acceptors (Lipinski definition) is 3. The lowest BCUT2D eigenvalue weighted by Gasteiger charge is -2.25. The SMILES string of the molecule is CC(c1ccccc1)N1CC(C(=O)NCc2ccc3c(c2)CNC3)CC1=O.Cl. The van der Waals surface area contributed by atoms with E-state index >= 15 is 0 Å². The van der Waals surface area contributed by atoms with Gasteiger partial charge in [0.2, 0.25) is 11.8 Å². The number of amides is 2. The van der Waals surface area contributed by atoms with Crippen molar-refractivity contribution in [1.82, 2.24) is 15.5 Å². The third-order valence-corrected chi connectivity index (χ3v) is 5.65. The second-order valence-corrected chi connectivity index (χ2v) is 7.46. The lowest BCUT2D eigenvalue weighted by atomic mass is 10.1. The Hall–Kier alpha value is -2.37. The minimum Gasteiger partial charge on any atom is -0.352 e. The molecule has 2 N–H and O–H groups in total. The fourth-order valence-corrected chi connectivity index (χ4v) is 3.98. The van der Waals surface area contributed by atoms with Crippen LogP contribution in [0, 0.1) is 5.92 Å². The van der Waals surface area contributed by atoms with Crippen LogP contribution in [-0.2, 0) is 29.2 Å². The number of benzene rings is 2. The number of rotatable bonds is 5. The van der Waals surface area contributed by atoms with Crippen LogP contribution in [0.25, 0.3) is 0 Å². The second-order valence-electron chi connectivity index (χ2n) is 7.46. The molecule has 2 aromatic carbocycles. The van der Waals surface area contributed by atoms with Crippen LogP contribution in [-0.4, -0.2) is 23.3 Å². The lowest BCUT2D eigenvalue weighted by molar-refractivity contribution is -0.130. The number of carbonyl (C=O) groups is 2. The lowest BCUT2D eigenvalue weighted by Crippen LogP contribution is -2.33. The van der Waals surface area contributed by atoms with Gasteiger partial charge in [0.15, 0.2) is 0 Å². The standard InChI is InChI=1S/C22H25N3O2.ClH/c1-15(17-5-3-2-4-6-17)25-14-20(10-21(25)26)22(27)24-11-16-7-8-18-12-23-13-19(18)9-16;/h2-9,15,20,23H,10-14H2,1H3,(H,24,27);1H. The zero-order valence-corrected chi connectivity index (χ0v) is 16.8. The summed E-state index contributed by atoms with van der Waals surface area (Å²) in [6.45, 7) is 4.81. The van der Waals surface area contributed by atoms with Crippen LogP contribution < -0.4 is 10.6 Å². The van der Waals surface area contributed by atoms with E-state index in [4.69, 9.17) is 0 Å². The largest absolute Gasteiger partial charge is 0.352 e. The van der Waals surface area contributed by atoms with Gasteiger partial charge in [-0.15, -0.1) is 12.4 Å². The minimum atomic E-state index is -0.278. The number of likely N-dealkylation sites (tertiary alicyclic amines) is 1. The molecule has 0 saturated carbocycles. The van der Waals surface area contributed by atoms with Gasteiger partial charge in [0, 0.05) is 32.6 Å². The summed E-state index contributed by atoms with van der Waals surface area (Å²) in [6, 6.07) is 16.3. The first-order valence-electron chi connectivity index (χ1n) is 9.55. The Bertz CT molecular complexity index is 856. The number of halogens is 1. The number of nitrogens with zero attached hydrogens (tertiary/aromatic N) is 1. The zero-order chi connectivity index (χ0) is 18.8. The highest BCUT2D eigenvalue weighted by atomic mass is 35.5. The Morgan fingerprint density at radius 1 is 1.18 bits per heavy atom. The third-order valence-electron chi connectivity index (χ3n) is 5.65. The van der Waals surface area contributed by atoms with Gasteiger partial charge in [0.25, 0.3) is 0 Å². The van der Waals surface area contributed by atoms with Gasteiger partial charge in [0.05, 0.1) is 12.0 Å². The van der Waals surface area contributed by atoms with Crippen molar-refractivity contribution in [2.75, 3.05) is 6.54 Å². The van der Waals surface area contributed by atoms with Gasteiger partial charge in [-0.2, -0.15) is 0 Å². The van der Waals surface area contributed by atoms with Crippen molar-refractivity contribution in [3.05, 3.63) is 70.8 Å². The molecule has 1 fully saturated rings. The van der Waals surface area contributed by atoms with E-state index in [2.05, 4.69) is 28.8 Å². The predicted octanol–water partition coefficient (Wildman–Crippen LogP) is 2.94. The first-order valence-corrected chi connectivity index (χ1v) is 9.55. The molecule has 148 valence electrons. The normalized spacial score (nSPS) is 19.1. The Balaban J connectivity index is 0.00000225. The molecule has 2 unspecified atom stereocenters. The van der Waals surface area contributed by atoms with Gasteiger partial charge in [-0.25, -0.2) is 0 Å². The Morgan fingerprint density at radius 2 is 1.93 bits per heavy atom. The van der Waals surface area contributed by atoms with E-state index in [9.17, 15) is 9.59 Å². The Morgan fingerprint density at radius 3 is 2.71 bits per heavy atom. The van der Waals surface area contributed by atoms with Gasteiger partial charge in [0.1, 0.15) is 0 Å². The van der Waals surface area contributed by atoms with Crippen molar-refractivity contribution in [3.63, 3.8) is 0 Å². The monoisotopic (exact) mass is 399 g/mol. The quantitative estimate of drug-likeness (QED) is 0.812. The van der Waals surface area contributed by atoms with E-state index < -0.39 is 0 Å². The summed E-state index contributed by atoms with van der Waals surface area (Å²) in [5.74, 6) is -0.264. The molecule has 2 aromatic rings. The summed E-state index contributed by atoms with van der Waals surface area (Å²) < 4.78 is 0. The fraction of sp³-hybridized carbons (Fsp3) is 0.364. The van der Waals surface area contributed by atoms with Crippen molar-refractivity contribution < 1.29 is 9.59 Å². The molecule has 0 radical (unpaired) electrons. The molecule has 0 aliphatic carbocycles. The average Bonchev–Trinajstić information content (AvgIpc) is 3.32. The summed E-state index contributed by atoms with van der Waals surface area (Å²) in [7, 11) is 0. The molecule has 2 heterocycles. The number of carbonyl (C=O) groups excluding carboxylic acids is 2. The van der Waals surface area contributed by atoms with Crippen molar-refractivity contribution in [2.45, 2.75) is 39.0 Å². The van der Waals surface area contributed by atoms with Crippen LogP contribution in [0.1, 0.15) is 41.6 Å². The molecule has 0 spiro atoms. The van der Waals surface area contributed by atoms with Crippen molar-refractivity contribution in [3.8, 4) is 0 Å². The maximum Gasteiger partial charge on any atom is 0.225 e. The molecule has 0 aromatic heterocycles. The molecule has 5 nitrogen and oxygen atoms in total. The summed E-state index contributed by atoms with van der Waals surface area (Å²) in [6.07, 6.45) is 0.289. The highest BCUT2D eigenvalue weighted by Gasteiger charge is 2.36. The van der Waals surface area contributed by atoms with Crippen molar-refractivity contribution in [2.24, 2.45) is 5.92 Å². The van der Waals surface area contributed by atoms with Crippen LogP contribution >= 0.6 is 12.4 Å². The van der Waals surface area contributed by atoms with Gasteiger partial charge in [-0.05, 0) is 29.2 Å². The fourth-order valence-electron chi connectivity index (χ4n) is 3.98. The van der Waals surface area contributed by atoms with E-state index in [1.165, 1.54) is 11.1 Å². The van der Waals surface area contributed by atoms with Gasteiger partial charge >= 0.3 is 0 Å². The smallest absolute Gasteiger partial charge is 0.225 e. The number of nitrogens with one attached hydrogen (secondary N) is 2. The van der Waals surface area contributed by atoms with Crippen LogP contribution in [0.3, 0.4) is 0 Å². The predicted molar refractivity (Wildman–Crippen MR) is 111 cm³/mol. The molecular formula is C22H26ClN3O2. The minimum absolute atomic E-state index is 0. The molecule has 28 heavy (non-hydrogen) atoms. The number of fused-ring (bicyclic) bond motifs is 1. The first-order chi connectivity index (χ1) is 13.1.